The molecule has 0 atom stereocenters. The Morgan fingerprint density at radius 2 is 1.54 bits per heavy atom. The fourth-order valence-electron chi connectivity index (χ4n) is 2.69. The van der Waals surface area contributed by atoms with Crippen molar-refractivity contribution in [2.24, 2.45) is 0 Å². The van der Waals surface area contributed by atoms with Crippen LogP contribution in [0.15, 0.2) is 48.5 Å². The first kappa shape index (κ1) is 17.4. The Morgan fingerprint density at radius 3 is 2.19 bits per heavy atom. The lowest BCUT2D eigenvalue weighted by atomic mass is 10.0. The molecule has 0 saturated heterocycles. The SMILES string of the molecule is CNC(=O)Nc1ccc(NC(=O)c2cc(C)nc3ccc(C)cc23)cc1. The molecule has 0 bridgehead atoms. The number of carbonyl (C=O) groups excluding carboxylic acids is 2. The molecule has 132 valence electrons. The highest BCUT2D eigenvalue weighted by atomic mass is 16.2. The lowest BCUT2D eigenvalue weighted by Gasteiger charge is -2.10. The van der Waals surface area contributed by atoms with Gasteiger partial charge in [-0.2, -0.15) is 0 Å². The van der Waals surface area contributed by atoms with Gasteiger partial charge >= 0.3 is 6.03 Å². The topological polar surface area (TPSA) is 83.1 Å². The molecule has 6 nitrogen and oxygen atoms in total. The van der Waals surface area contributed by atoms with Crippen LogP contribution in [0.2, 0.25) is 0 Å². The second-order valence-corrected chi connectivity index (χ2v) is 6.07. The molecule has 0 unspecified atom stereocenters. The fourth-order valence-corrected chi connectivity index (χ4v) is 2.69. The summed E-state index contributed by atoms with van der Waals surface area (Å²) in [5.41, 5.74) is 4.53. The number of benzene rings is 2. The quantitative estimate of drug-likeness (QED) is 0.672. The molecule has 0 aliphatic heterocycles. The molecule has 3 aromatic rings. The normalized spacial score (nSPS) is 10.4. The molecule has 0 saturated carbocycles. The van der Waals surface area contributed by atoms with E-state index >= 15 is 0 Å². The monoisotopic (exact) mass is 348 g/mol. The molecule has 0 aliphatic carbocycles. The van der Waals surface area contributed by atoms with Gasteiger partial charge in [0, 0.05) is 29.5 Å². The summed E-state index contributed by atoms with van der Waals surface area (Å²) in [6.45, 7) is 3.86. The number of hydrogen-bond donors (Lipinski definition) is 3. The van der Waals surface area contributed by atoms with Crippen LogP contribution in [-0.2, 0) is 0 Å². The average Bonchev–Trinajstić information content (AvgIpc) is 2.62. The van der Waals surface area contributed by atoms with Gasteiger partial charge in [-0.25, -0.2) is 4.79 Å². The maximum Gasteiger partial charge on any atom is 0.318 e. The number of fused-ring (bicyclic) bond motifs is 1. The number of rotatable bonds is 3. The van der Waals surface area contributed by atoms with E-state index in [4.69, 9.17) is 0 Å². The number of aromatic nitrogens is 1. The van der Waals surface area contributed by atoms with Crippen molar-refractivity contribution in [1.29, 1.82) is 0 Å². The van der Waals surface area contributed by atoms with Crippen molar-refractivity contribution in [1.82, 2.24) is 10.3 Å². The zero-order chi connectivity index (χ0) is 18.7. The van der Waals surface area contributed by atoms with Crippen LogP contribution >= 0.6 is 0 Å². The molecule has 0 fully saturated rings. The van der Waals surface area contributed by atoms with E-state index in [1.165, 1.54) is 0 Å². The number of aryl methyl sites for hydroxylation is 2. The van der Waals surface area contributed by atoms with Gasteiger partial charge in [0.15, 0.2) is 0 Å². The molecule has 2 aromatic carbocycles. The van der Waals surface area contributed by atoms with E-state index in [9.17, 15) is 9.59 Å². The van der Waals surface area contributed by atoms with Gasteiger partial charge in [-0.1, -0.05) is 11.6 Å². The van der Waals surface area contributed by atoms with Crippen molar-refractivity contribution in [3.63, 3.8) is 0 Å². The van der Waals surface area contributed by atoms with Crippen LogP contribution in [0.1, 0.15) is 21.6 Å². The van der Waals surface area contributed by atoms with E-state index in [1.54, 1.807) is 37.4 Å². The van der Waals surface area contributed by atoms with E-state index < -0.39 is 0 Å². The molecule has 0 aliphatic rings. The Morgan fingerprint density at radius 1 is 0.885 bits per heavy atom. The Bertz CT molecular complexity index is 981. The molecule has 26 heavy (non-hydrogen) atoms. The van der Waals surface area contributed by atoms with Crippen LogP contribution < -0.4 is 16.0 Å². The first-order chi connectivity index (χ1) is 12.5. The minimum absolute atomic E-state index is 0.196. The van der Waals surface area contributed by atoms with Gasteiger partial charge in [0.25, 0.3) is 5.91 Å². The van der Waals surface area contributed by atoms with Crippen LogP contribution in [0.25, 0.3) is 10.9 Å². The van der Waals surface area contributed by atoms with Gasteiger partial charge in [0.05, 0.1) is 11.1 Å². The summed E-state index contributed by atoms with van der Waals surface area (Å²) in [5, 5.41) is 8.88. The largest absolute Gasteiger partial charge is 0.341 e. The van der Waals surface area contributed by atoms with Crippen LogP contribution in [0.5, 0.6) is 0 Å². The highest BCUT2D eigenvalue weighted by Gasteiger charge is 2.13. The predicted molar refractivity (Wildman–Crippen MR) is 104 cm³/mol. The standard InChI is InChI=1S/C20H20N4O2/c1-12-4-9-18-16(10-12)17(11-13(2)22-18)19(25)23-14-5-7-15(8-6-14)24-20(26)21-3/h4-11H,1-3H3,(H,23,25)(H2,21,24,26). The molecule has 0 radical (unpaired) electrons. The summed E-state index contributed by atoms with van der Waals surface area (Å²) in [6, 6.07) is 14.3. The summed E-state index contributed by atoms with van der Waals surface area (Å²) < 4.78 is 0. The third-order valence-electron chi connectivity index (χ3n) is 3.96. The Hall–Kier alpha value is -3.41. The molecular formula is C20H20N4O2. The third kappa shape index (κ3) is 3.80. The third-order valence-corrected chi connectivity index (χ3v) is 3.96. The number of amides is 3. The summed E-state index contributed by atoms with van der Waals surface area (Å²) in [5.74, 6) is -0.196. The fraction of sp³-hybridized carbons (Fsp3) is 0.150. The van der Waals surface area contributed by atoms with E-state index in [2.05, 4.69) is 20.9 Å². The summed E-state index contributed by atoms with van der Waals surface area (Å²) in [6.07, 6.45) is 0. The zero-order valence-electron chi connectivity index (χ0n) is 14.9. The second-order valence-electron chi connectivity index (χ2n) is 6.07. The lowest BCUT2D eigenvalue weighted by Crippen LogP contribution is -2.24. The first-order valence-electron chi connectivity index (χ1n) is 8.24. The minimum atomic E-state index is -0.295. The highest BCUT2D eigenvalue weighted by molar-refractivity contribution is 6.12. The van der Waals surface area contributed by atoms with Crippen LogP contribution in [0.4, 0.5) is 16.2 Å². The predicted octanol–water partition coefficient (Wildman–Crippen LogP) is 3.86. The van der Waals surface area contributed by atoms with E-state index in [0.29, 0.717) is 16.9 Å². The van der Waals surface area contributed by atoms with Crippen LogP contribution in [-0.4, -0.2) is 24.0 Å². The molecular weight excluding hydrogens is 328 g/mol. The van der Waals surface area contributed by atoms with Crippen molar-refractivity contribution in [2.45, 2.75) is 13.8 Å². The van der Waals surface area contributed by atoms with Crippen molar-refractivity contribution in [3.05, 3.63) is 65.4 Å². The molecule has 0 spiro atoms. The lowest BCUT2D eigenvalue weighted by molar-refractivity contribution is 0.102. The van der Waals surface area contributed by atoms with E-state index in [0.717, 1.165) is 22.2 Å². The van der Waals surface area contributed by atoms with Crippen LogP contribution in [0.3, 0.4) is 0 Å². The summed E-state index contributed by atoms with van der Waals surface area (Å²) in [4.78, 5) is 28.6. The van der Waals surface area contributed by atoms with E-state index in [-0.39, 0.29) is 11.9 Å². The van der Waals surface area contributed by atoms with Gasteiger partial charge < -0.3 is 16.0 Å². The minimum Gasteiger partial charge on any atom is -0.341 e. The molecule has 3 rings (SSSR count). The van der Waals surface area contributed by atoms with Gasteiger partial charge in [-0.15, -0.1) is 0 Å². The average molecular weight is 348 g/mol. The van der Waals surface area contributed by atoms with Gasteiger partial charge in [0.2, 0.25) is 0 Å². The van der Waals surface area contributed by atoms with Crippen molar-refractivity contribution >= 4 is 34.2 Å². The first-order valence-corrected chi connectivity index (χ1v) is 8.24. The van der Waals surface area contributed by atoms with Gasteiger partial charge in [-0.05, 0) is 56.3 Å². The van der Waals surface area contributed by atoms with Gasteiger partial charge in [-0.3, -0.25) is 9.78 Å². The number of nitrogens with zero attached hydrogens (tertiary/aromatic N) is 1. The highest BCUT2D eigenvalue weighted by Crippen LogP contribution is 2.22. The smallest absolute Gasteiger partial charge is 0.318 e. The molecule has 6 heteroatoms. The molecule has 3 N–H and O–H groups in total. The Labute approximate surface area is 151 Å². The number of nitrogens with one attached hydrogen (secondary N) is 3. The molecule has 1 heterocycles. The number of urea groups is 1. The number of pyridine rings is 1. The number of anilines is 2. The Balaban J connectivity index is 1.85. The Kier molecular flexibility index (Phi) is 4.84. The summed E-state index contributed by atoms with van der Waals surface area (Å²) >= 11 is 0. The maximum atomic E-state index is 12.8. The van der Waals surface area contributed by atoms with Crippen molar-refractivity contribution < 1.29 is 9.59 Å². The van der Waals surface area contributed by atoms with E-state index in [1.807, 2.05) is 32.0 Å². The molecule has 3 amide bonds. The van der Waals surface area contributed by atoms with Gasteiger partial charge in [0.1, 0.15) is 0 Å². The van der Waals surface area contributed by atoms with Crippen molar-refractivity contribution in [2.75, 3.05) is 17.7 Å². The summed E-state index contributed by atoms with van der Waals surface area (Å²) in [7, 11) is 1.55. The number of carbonyl (C=O) groups is 2. The second kappa shape index (κ2) is 7.23. The number of hydrogen-bond acceptors (Lipinski definition) is 3. The zero-order valence-corrected chi connectivity index (χ0v) is 14.9. The maximum absolute atomic E-state index is 12.8. The molecule has 1 aromatic heterocycles. The van der Waals surface area contributed by atoms with Crippen LogP contribution in [0, 0.1) is 13.8 Å². The van der Waals surface area contributed by atoms with Crippen molar-refractivity contribution in [3.8, 4) is 0 Å².